The number of rotatable bonds is 5. The number of thioether (sulfide) groups is 1. The highest BCUT2D eigenvalue weighted by molar-refractivity contribution is 8.26. The van der Waals surface area contributed by atoms with Crippen LogP contribution in [0.4, 0.5) is 0 Å². The number of carbonyl (C=O) groups excluding carboxylic acids is 2. The van der Waals surface area contributed by atoms with E-state index < -0.39 is 11.8 Å². The average Bonchev–Trinajstić information content (AvgIpc) is 3.42. The van der Waals surface area contributed by atoms with Gasteiger partial charge in [-0.3, -0.25) is 15.0 Å². The lowest BCUT2D eigenvalue weighted by Gasteiger charge is -2.15. The summed E-state index contributed by atoms with van der Waals surface area (Å²) >= 11 is 12.6. The monoisotopic (exact) mass is 530 g/mol. The van der Waals surface area contributed by atoms with Crippen molar-refractivity contribution in [3.8, 4) is 16.9 Å². The molecule has 1 aliphatic rings. The lowest BCUT2D eigenvalue weighted by atomic mass is 10.1. The molecule has 1 saturated heterocycles. The second kappa shape index (κ2) is 10.1. The number of nitrogens with one attached hydrogen (secondary N) is 1. The fourth-order valence-electron chi connectivity index (χ4n) is 3.61. The summed E-state index contributed by atoms with van der Waals surface area (Å²) in [6.07, 6.45) is 3.60. The molecule has 1 N–H and O–H groups in total. The standard InChI is InChI=1S/C27H19ClN4O2S2/c1-17-7-9-19(10-8-17)25(33)30-32-26(34)23(36-27(32)35)15-20-16-31(22-5-3-2-4-6-22)29-24(20)18-11-13-21(28)14-12-18/h2-16H,1H3,(H,30,33). The van der Waals surface area contributed by atoms with Gasteiger partial charge < -0.3 is 0 Å². The minimum absolute atomic E-state index is 0.246. The van der Waals surface area contributed by atoms with Gasteiger partial charge >= 0.3 is 0 Å². The van der Waals surface area contributed by atoms with E-state index in [-0.39, 0.29) is 4.32 Å². The van der Waals surface area contributed by atoms with Crippen LogP contribution in [-0.2, 0) is 4.79 Å². The van der Waals surface area contributed by atoms with Crippen LogP contribution in [0.15, 0.2) is 90.0 Å². The Hall–Kier alpha value is -3.72. The molecule has 2 heterocycles. The average molecular weight is 531 g/mol. The largest absolute Gasteiger partial charge is 0.285 e. The van der Waals surface area contributed by atoms with Crippen molar-refractivity contribution in [1.29, 1.82) is 0 Å². The fourth-order valence-corrected chi connectivity index (χ4v) is 4.91. The molecule has 178 valence electrons. The van der Waals surface area contributed by atoms with Gasteiger partial charge in [-0.05, 0) is 61.6 Å². The molecule has 5 rings (SSSR count). The summed E-state index contributed by atoms with van der Waals surface area (Å²) in [5, 5.41) is 6.50. The van der Waals surface area contributed by atoms with Crippen LogP contribution < -0.4 is 5.43 Å². The molecule has 4 aromatic rings. The van der Waals surface area contributed by atoms with Gasteiger partial charge in [0, 0.05) is 27.9 Å². The number of hydrogen-bond donors (Lipinski definition) is 1. The summed E-state index contributed by atoms with van der Waals surface area (Å²) in [4.78, 5) is 26.3. The molecular formula is C27H19ClN4O2S2. The van der Waals surface area contributed by atoms with Crippen molar-refractivity contribution in [3.05, 3.63) is 112 Å². The summed E-state index contributed by atoms with van der Waals surface area (Å²) in [7, 11) is 0. The van der Waals surface area contributed by atoms with Gasteiger partial charge in [-0.25, -0.2) is 4.68 Å². The molecule has 9 heteroatoms. The molecule has 0 atom stereocenters. The first-order chi connectivity index (χ1) is 17.4. The predicted octanol–water partition coefficient (Wildman–Crippen LogP) is 6.05. The summed E-state index contributed by atoms with van der Waals surface area (Å²) in [5.41, 5.74) is 7.24. The zero-order chi connectivity index (χ0) is 25.2. The number of hydrazine groups is 1. The first-order valence-corrected chi connectivity index (χ1v) is 12.6. The van der Waals surface area contributed by atoms with Gasteiger partial charge in [0.15, 0.2) is 4.32 Å². The van der Waals surface area contributed by atoms with E-state index in [9.17, 15) is 9.59 Å². The first kappa shape index (κ1) is 24.0. The predicted molar refractivity (Wildman–Crippen MR) is 148 cm³/mol. The quantitative estimate of drug-likeness (QED) is 0.251. The molecule has 2 amide bonds. The number of hydrogen-bond acceptors (Lipinski definition) is 5. The maximum Gasteiger partial charge on any atom is 0.285 e. The van der Waals surface area contributed by atoms with Crippen molar-refractivity contribution in [2.45, 2.75) is 6.92 Å². The van der Waals surface area contributed by atoms with Gasteiger partial charge in [0.25, 0.3) is 11.8 Å². The van der Waals surface area contributed by atoms with Crippen LogP contribution in [-0.4, -0.2) is 30.9 Å². The third-order valence-electron chi connectivity index (χ3n) is 5.49. The SMILES string of the molecule is Cc1ccc(C(=O)NN2C(=O)C(=Cc3cn(-c4ccccc4)nc3-c3ccc(Cl)cc3)SC2=S)cc1. The van der Waals surface area contributed by atoms with Crippen LogP contribution in [0.3, 0.4) is 0 Å². The Balaban J connectivity index is 1.47. The highest BCUT2D eigenvalue weighted by Crippen LogP contribution is 2.34. The normalized spacial score (nSPS) is 14.5. The Morgan fingerprint density at radius 1 is 1.03 bits per heavy atom. The summed E-state index contributed by atoms with van der Waals surface area (Å²) in [6, 6.07) is 24.1. The Bertz CT molecular complexity index is 1500. The van der Waals surface area contributed by atoms with Gasteiger partial charge in [0.2, 0.25) is 0 Å². The highest BCUT2D eigenvalue weighted by atomic mass is 35.5. The van der Waals surface area contributed by atoms with E-state index >= 15 is 0 Å². The van der Waals surface area contributed by atoms with E-state index in [2.05, 4.69) is 5.43 Å². The van der Waals surface area contributed by atoms with Gasteiger partial charge in [-0.1, -0.05) is 71.4 Å². The van der Waals surface area contributed by atoms with Crippen LogP contribution in [0.2, 0.25) is 5.02 Å². The lowest BCUT2D eigenvalue weighted by Crippen LogP contribution is -2.44. The molecule has 1 fully saturated rings. The molecule has 1 aliphatic heterocycles. The number of halogens is 1. The Morgan fingerprint density at radius 2 is 1.72 bits per heavy atom. The molecule has 0 bridgehead atoms. The second-order valence-corrected chi connectivity index (χ2v) is 10.2. The number of benzene rings is 3. The number of nitrogens with zero attached hydrogens (tertiary/aromatic N) is 3. The number of thiocarbonyl (C=S) groups is 1. The van der Waals surface area contributed by atoms with Crippen LogP contribution in [0, 0.1) is 6.92 Å². The zero-order valence-electron chi connectivity index (χ0n) is 19.0. The molecule has 6 nitrogen and oxygen atoms in total. The minimum atomic E-state index is -0.411. The third kappa shape index (κ3) is 4.97. The fraction of sp³-hybridized carbons (Fsp3) is 0.0370. The van der Waals surface area contributed by atoms with Crippen molar-refractivity contribution < 1.29 is 9.59 Å². The third-order valence-corrected chi connectivity index (χ3v) is 7.04. The van der Waals surface area contributed by atoms with Crippen molar-refractivity contribution in [2.75, 3.05) is 0 Å². The van der Waals surface area contributed by atoms with Crippen LogP contribution in [0.1, 0.15) is 21.5 Å². The number of aromatic nitrogens is 2. The molecular weight excluding hydrogens is 512 g/mol. The van der Waals surface area contributed by atoms with E-state index in [0.29, 0.717) is 21.2 Å². The summed E-state index contributed by atoms with van der Waals surface area (Å²) in [5.74, 6) is -0.814. The number of carbonyl (C=O) groups is 2. The first-order valence-electron chi connectivity index (χ1n) is 11.0. The molecule has 0 radical (unpaired) electrons. The van der Waals surface area contributed by atoms with E-state index in [4.69, 9.17) is 28.9 Å². The molecule has 3 aromatic carbocycles. The smallest absolute Gasteiger partial charge is 0.267 e. The van der Waals surface area contributed by atoms with Crippen molar-refractivity contribution in [1.82, 2.24) is 20.2 Å². The van der Waals surface area contributed by atoms with Crippen molar-refractivity contribution in [2.24, 2.45) is 0 Å². The highest BCUT2D eigenvalue weighted by Gasteiger charge is 2.34. The summed E-state index contributed by atoms with van der Waals surface area (Å²) in [6.45, 7) is 1.94. The minimum Gasteiger partial charge on any atom is -0.267 e. The number of para-hydroxylation sites is 1. The second-order valence-electron chi connectivity index (χ2n) is 8.04. The van der Waals surface area contributed by atoms with Crippen LogP contribution in [0.5, 0.6) is 0 Å². The Kier molecular flexibility index (Phi) is 6.73. The van der Waals surface area contributed by atoms with E-state index in [1.807, 2.05) is 67.7 Å². The molecule has 0 saturated carbocycles. The van der Waals surface area contributed by atoms with Gasteiger partial charge in [0.1, 0.15) is 0 Å². The molecule has 0 unspecified atom stereocenters. The van der Waals surface area contributed by atoms with E-state index in [1.165, 1.54) is 0 Å². The maximum absolute atomic E-state index is 13.2. The van der Waals surface area contributed by atoms with Crippen molar-refractivity contribution in [3.63, 3.8) is 0 Å². The Morgan fingerprint density at radius 3 is 2.42 bits per heavy atom. The van der Waals surface area contributed by atoms with Gasteiger partial charge in [-0.15, -0.1) is 0 Å². The van der Waals surface area contributed by atoms with E-state index in [0.717, 1.165) is 39.1 Å². The molecule has 0 aliphatic carbocycles. The number of aryl methyl sites for hydroxylation is 1. The molecule has 1 aromatic heterocycles. The topological polar surface area (TPSA) is 67.2 Å². The molecule has 0 spiro atoms. The Labute approximate surface area is 222 Å². The van der Waals surface area contributed by atoms with Gasteiger partial charge in [0.05, 0.1) is 16.3 Å². The maximum atomic E-state index is 13.2. The van der Waals surface area contributed by atoms with Crippen LogP contribution in [0.25, 0.3) is 23.0 Å². The van der Waals surface area contributed by atoms with E-state index in [1.54, 1.807) is 35.0 Å². The van der Waals surface area contributed by atoms with Crippen molar-refractivity contribution >= 4 is 57.8 Å². The molecule has 36 heavy (non-hydrogen) atoms. The lowest BCUT2D eigenvalue weighted by molar-refractivity contribution is -0.123. The summed E-state index contributed by atoms with van der Waals surface area (Å²) < 4.78 is 2.01. The van der Waals surface area contributed by atoms with Gasteiger partial charge in [-0.2, -0.15) is 10.1 Å². The van der Waals surface area contributed by atoms with Crippen LogP contribution >= 0.6 is 35.6 Å². The zero-order valence-corrected chi connectivity index (χ0v) is 21.4. The number of amides is 2.